The summed E-state index contributed by atoms with van der Waals surface area (Å²) in [5, 5.41) is 14.0. The van der Waals surface area contributed by atoms with Gasteiger partial charge in [-0.3, -0.25) is 19.8 Å². The van der Waals surface area contributed by atoms with Gasteiger partial charge in [-0.15, -0.1) is 0 Å². The van der Waals surface area contributed by atoms with Gasteiger partial charge in [0, 0.05) is 17.1 Å². The molecule has 0 saturated carbocycles. The van der Waals surface area contributed by atoms with Crippen molar-refractivity contribution in [1.29, 1.82) is 0 Å². The van der Waals surface area contributed by atoms with E-state index >= 15 is 0 Å². The Morgan fingerprint density at radius 2 is 1.78 bits per heavy atom. The molecule has 1 aliphatic heterocycles. The Balaban J connectivity index is 1.69. The number of aromatic carboxylic acids is 1. The van der Waals surface area contributed by atoms with Crippen LogP contribution in [0.25, 0.3) is 11.8 Å². The van der Waals surface area contributed by atoms with Gasteiger partial charge in [-0.1, -0.05) is 37.6 Å². The van der Waals surface area contributed by atoms with Gasteiger partial charge in [0.1, 0.15) is 5.57 Å². The molecular formula is C28H26N3O4S-. The zero-order valence-corrected chi connectivity index (χ0v) is 21.1. The maximum Gasteiger partial charge on any atom is 0.270 e. The number of aryl methyl sites for hydroxylation is 2. The first-order chi connectivity index (χ1) is 17.2. The van der Waals surface area contributed by atoms with E-state index < -0.39 is 17.8 Å². The predicted octanol–water partition coefficient (Wildman–Crippen LogP) is 3.63. The van der Waals surface area contributed by atoms with Crippen molar-refractivity contribution in [2.24, 2.45) is 0 Å². The lowest BCUT2D eigenvalue weighted by Gasteiger charge is -2.29. The third kappa shape index (κ3) is 4.85. The van der Waals surface area contributed by atoms with Gasteiger partial charge >= 0.3 is 0 Å². The highest BCUT2D eigenvalue weighted by molar-refractivity contribution is 7.80. The smallest absolute Gasteiger partial charge is 0.270 e. The Morgan fingerprint density at radius 1 is 1.06 bits per heavy atom. The molecule has 0 unspecified atom stereocenters. The minimum atomic E-state index is -1.26. The van der Waals surface area contributed by atoms with Gasteiger partial charge in [0.15, 0.2) is 5.11 Å². The fourth-order valence-corrected chi connectivity index (χ4v) is 4.62. The molecule has 0 bridgehead atoms. The van der Waals surface area contributed by atoms with E-state index in [9.17, 15) is 19.5 Å². The van der Waals surface area contributed by atoms with E-state index in [1.165, 1.54) is 22.6 Å². The van der Waals surface area contributed by atoms with Crippen molar-refractivity contribution in [3.63, 3.8) is 0 Å². The van der Waals surface area contributed by atoms with Crippen molar-refractivity contribution in [1.82, 2.24) is 9.88 Å². The number of benzene rings is 2. The summed E-state index contributed by atoms with van der Waals surface area (Å²) in [6.45, 7) is 5.84. The number of hydrogen-bond donors (Lipinski definition) is 1. The van der Waals surface area contributed by atoms with Crippen molar-refractivity contribution < 1.29 is 19.5 Å². The minimum absolute atomic E-state index is 0.0352. The molecule has 7 nitrogen and oxygen atoms in total. The van der Waals surface area contributed by atoms with E-state index in [1.54, 1.807) is 18.2 Å². The minimum Gasteiger partial charge on any atom is -0.545 e. The summed E-state index contributed by atoms with van der Waals surface area (Å²) in [5.74, 6) is -2.33. The normalized spacial score (nSPS) is 14.9. The topological polar surface area (TPSA) is 94.5 Å². The van der Waals surface area contributed by atoms with Crippen molar-refractivity contribution in [2.45, 2.75) is 40.0 Å². The summed E-state index contributed by atoms with van der Waals surface area (Å²) in [4.78, 5) is 38.8. The summed E-state index contributed by atoms with van der Waals surface area (Å²) < 4.78 is 1.86. The van der Waals surface area contributed by atoms with Crippen molar-refractivity contribution in [3.8, 4) is 5.69 Å². The van der Waals surface area contributed by atoms with Crippen molar-refractivity contribution in [3.05, 3.63) is 88.2 Å². The van der Waals surface area contributed by atoms with Crippen LogP contribution in [-0.4, -0.2) is 27.5 Å². The highest BCUT2D eigenvalue weighted by Gasteiger charge is 2.34. The van der Waals surface area contributed by atoms with Gasteiger partial charge in [0.2, 0.25) is 0 Å². The molecular weight excluding hydrogens is 474 g/mol. The molecule has 4 rings (SSSR count). The van der Waals surface area contributed by atoms with E-state index in [2.05, 4.69) is 12.2 Å². The van der Waals surface area contributed by atoms with Crippen LogP contribution in [0, 0.1) is 13.8 Å². The average Bonchev–Trinajstić information content (AvgIpc) is 3.13. The highest BCUT2D eigenvalue weighted by atomic mass is 32.1. The van der Waals surface area contributed by atoms with Crippen LogP contribution in [-0.2, 0) is 16.0 Å². The number of carbonyl (C=O) groups is 3. The molecule has 0 spiro atoms. The average molecular weight is 501 g/mol. The largest absolute Gasteiger partial charge is 0.545 e. The van der Waals surface area contributed by atoms with Crippen LogP contribution < -0.4 is 15.3 Å². The number of nitrogens with zero attached hydrogens (tertiary/aromatic N) is 2. The Bertz CT molecular complexity index is 1400. The van der Waals surface area contributed by atoms with E-state index in [0.717, 1.165) is 30.7 Å². The summed E-state index contributed by atoms with van der Waals surface area (Å²) in [5.41, 5.74) is 4.64. The standard InChI is InChI=1S/C28H27N3O4S/c1-4-5-7-19-10-12-22(13-11-19)31-26(33)24(25(32)29-28(31)36)16-21-14-17(2)30(18(21)3)23-9-6-8-20(15-23)27(34)35/h6,8-16H,4-5,7H2,1-3H3,(H,34,35)(H,29,32,36)/p-1/b24-16+. The van der Waals surface area contributed by atoms with E-state index in [-0.39, 0.29) is 16.2 Å². The number of amides is 2. The van der Waals surface area contributed by atoms with Gasteiger partial charge in [-0.25, -0.2) is 0 Å². The van der Waals surface area contributed by atoms with Gasteiger partial charge in [0.05, 0.1) is 11.7 Å². The Morgan fingerprint density at radius 3 is 2.44 bits per heavy atom. The quantitative estimate of drug-likeness (QED) is 0.304. The number of nitrogens with one attached hydrogen (secondary N) is 1. The van der Waals surface area contributed by atoms with Crippen LogP contribution in [0.1, 0.15) is 52.6 Å². The van der Waals surface area contributed by atoms with Crippen LogP contribution in [0.15, 0.2) is 60.2 Å². The summed E-state index contributed by atoms with van der Waals surface area (Å²) >= 11 is 5.32. The second kappa shape index (κ2) is 10.3. The molecule has 8 heteroatoms. The summed E-state index contributed by atoms with van der Waals surface area (Å²) in [7, 11) is 0. The monoisotopic (exact) mass is 500 g/mol. The van der Waals surface area contributed by atoms with Gasteiger partial charge < -0.3 is 14.5 Å². The number of anilines is 1. The second-order valence-corrected chi connectivity index (χ2v) is 9.11. The zero-order valence-electron chi connectivity index (χ0n) is 20.3. The molecule has 1 aliphatic rings. The van der Waals surface area contributed by atoms with E-state index in [1.807, 2.05) is 48.7 Å². The lowest BCUT2D eigenvalue weighted by atomic mass is 10.1. The van der Waals surface area contributed by atoms with Crippen LogP contribution in [0.5, 0.6) is 0 Å². The lowest BCUT2D eigenvalue weighted by Crippen LogP contribution is -2.54. The molecule has 2 aromatic carbocycles. The van der Waals surface area contributed by atoms with Crippen LogP contribution in [0.3, 0.4) is 0 Å². The van der Waals surface area contributed by atoms with Gasteiger partial charge in [-0.2, -0.15) is 0 Å². The maximum atomic E-state index is 13.4. The number of carbonyl (C=O) groups excluding carboxylic acids is 3. The van der Waals surface area contributed by atoms with Gasteiger partial charge in [0.25, 0.3) is 11.8 Å². The van der Waals surface area contributed by atoms with Crippen LogP contribution >= 0.6 is 12.2 Å². The summed E-state index contributed by atoms with van der Waals surface area (Å²) in [6.07, 6.45) is 4.68. The fourth-order valence-electron chi connectivity index (χ4n) is 4.34. The number of carboxylic acid groups (broad SMARTS) is 1. The molecule has 1 aromatic heterocycles. The Hall–Kier alpha value is -4.04. The Labute approximate surface area is 215 Å². The molecule has 36 heavy (non-hydrogen) atoms. The lowest BCUT2D eigenvalue weighted by molar-refractivity contribution is -0.255. The first kappa shape index (κ1) is 25.1. The molecule has 2 amide bonds. The molecule has 1 N–H and O–H groups in total. The number of carboxylic acids is 1. The highest BCUT2D eigenvalue weighted by Crippen LogP contribution is 2.27. The fraction of sp³-hybridized carbons (Fsp3) is 0.214. The number of hydrogen-bond acceptors (Lipinski definition) is 5. The predicted molar refractivity (Wildman–Crippen MR) is 141 cm³/mol. The van der Waals surface area contributed by atoms with Gasteiger partial charge in [-0.05, 0) is 92.0 Å². The molecule has 1 saturated heterocycles. The van der Waals surface area contributed by atoms with Crippen molar-refractivity contribution >= 4 is 46.9 Å². The first-order valence-corrected chi connectivity index (χ1v) is 12.1. The molecule has 2 heterocycles. The Kier molecular flexibility index (Phi) is 7.17. The molecule has 0 radical (unpaired) electrons. The number of unbranched alkanes of at least 4 members (excludes halogenated alkanes) is 1. The van der Waals surface area contributed by atoms with E-state index in [0.29, 0.717) is 16.9 Å². The third-order valence-electron chi connectivity index (χ3n) is 6.23. The third-order valence-corrected chi connectivity index (χ3v) is 6.51. The maximum absolute atomic E-state index is 13.4. The van der Waals surface area contributed by atoms with Crippen LogP contribution in [0.4, 0.5) is 5.69 Å². The zero-order chi connectivity index (χ0) is 26.0. The van der Waals surface area contributed by atoms with Crippen molar-refractivity contribution in [2.75, 3.05) is 4.90 Å². The molecule has 184 valence electrons. The second-order valence-electron chi connectivity index (χ2n) is 8.73. The SMILES string of the molecule is CCCCc1ccc(N2C(=O)/C(=C/c3cc(C)n(-c4cccc(C(=O)[O-])c4)c3C)C(=O)NC2=S)cc1. The molecule has 0 aliphatic carbocycles. The molecule has 3 aromatic rings. The molecule has 1 fully saturated rings. The first-order valence-electron chi connectivity index (χ1n) is 11.7. The molecule has 0 atom stereocenters. The number of thiocarbonyl (C=S) groups is 1. The summed E-state index contributed by atoms with van der Waals surface area (Å²) in [6, 6.07) is 15.9. The number of aromatic nitrogens is 1. The number of rotatable bonds is 7. The van der Waals surface area contributed by atoms with Crippen LogP contribution in [0.2, 0.25) is 0 Å². The van der Waals surface area contributed by atoms with E-state index in [4.69, 9.17) is 12.2 Å².